The summed E-state index contributed by atoms with van der Waals surface area (Å²) in [5, 5.41) is 25.7. The van der Waals surface area contributed by atoms with Gasteiger partial charge < -0.3 is 25.0 Å². The highest BCUT2D eigenvalue weighted by molar-refractivity contribution is 5.89. The zero-order valence-electron chi connectivity index (χ0n) is 14.0. The van der Waals surface area contributed by atoms with E-state index in [1.807, 2.05) is 13.8 Å². The van der Waals surface area contributed by atoms with Crippen molar-refractivity contribution in [1.82, 2.24) is 10.6 Å². The molecule has 0 unspecified atom stereocenters. The van der Waals surface area contributed by atoms with Gasteiger partial charge in [-0.2, -0.15) is 0 Å². The third-order valence-electron chi connectivity index (χ3n) is 3.57. The molecule has 0 aliphatic carbocycles. The molecule has 5 N–H and O–H groups in total. The number of carboxylic acid groups (broad SMARTS) is 2. The number of rotatable bonds is 4. The molecule has 25 heavy (non-hydrogen) atoms. The third kappa shape index (κ3) is 5.10. The summed E-state index contributed by atoms with van der Waals surface area (Å²) in [6.07, 6.45) is 1.25. The molecule has 0 saturated carbocycles. The molecule has 0 aromatic heterocycles. The number of nitrogens with one attached hydrogen (secondary N) is 3. The summed E-state index contributed by atoms with van der Waals surface area (Å²) in [6.45, 7) is 6.37. The molecule has 9 heteroatoms. The molecule has 0 radical (unpaired) electrons. The molecule has 136 valence electrons. The Labute approximate surface area is 144 Å². The maximum atomic E-state index is 9.55. The number of aryl methyl sites for hydroxylation is 1. The van der Waals surface area contributed by atoms with Gasteiger partial charge in [-0.3, -0.25) is 10.6 Å². The first-order chi connectivity index (χ1) is 11.9. The lowest BCUT2D eigenvalue weighted by molar-refractivity contribution is -0.134. The van der Waals surface area contributed by atoms with Gasteiger partial charge in [0, 0.05) is 36.5 Å². The molecule has 1 aromatic carbocycles. The SMILES string of the molecule is Cc1cc(NC2NCCN2)c(C)c2c1OCO2.O=C(O)/C=C/C(=O)O. The Morgan fingerprint density at radius 1 is 1.12 bits per heavy atom. The molecule has 9 nitrogen and oxygen atoms in total. The highest BCUT2D eigenvalue weighted by Crippen LogP contribution is 2.42. The monoisotopic (exact) mass is 351 g/mol. The van der Waals surface area contributed by atoms with Gasteiger partial charge in [0.2, 0.25) is 6.79 Å². The van der Waals surface area contributed by atoms with Crippen LogP contribution in [0.15, 0.2) is 18.2 Å². The molecule has 2 aliphatic heterocycles. The zero-order chi connectivity index (χ0) is 18.4. The lowest BCUT2D eigenvalue weighted by Gasteiger charge is -2.18. The summed E-state index contributed by atoms with van der Waals surface area (Å²) < 4.78 is 11.0. The largest absolute Gasteiger partial charge is 0.478 e. The van der Waals surface area contributed by atoms with E-state index in [2.05, 4.69) is 22.0 Å². The fourth-order valence-electron chi connectivity index (χ4n) is 2.42. The van der Waals surface area contributed by atoms with Crippen molar-refractivity contribution in [2.75, 3.05) is 25.2 Å². The van der Waals surface area contributed by atoms with E-state index in [0.29, 0.717) is 18.9 Å². The minimum absolute atomic E-state index is 0.133. The summed E-state index contributed by atoms with van der Waals surface area (Å²) in [7, 11) is 0. The van der Waals surface area contributed by atoms with E-state index < -0.39 is 11.9 Å². The zero-order valence-corrected chi connectivity index (χ0v) is 14.0. The average Bonchev–Trinajstić information content (AvgIpc) is 3.22. The molecule has 1 aromatic rings. The number of aliphatic carboxylic acids is 2. The first kappa shape index (κ1) is 18.6. The minimum Gasteiger partial charge on any atom is -0.478 e. The molecule has 2 aliphatic rings. The molecule has 2 heterocycles. The van der Waals surface area contributed by atoms with E-state index in [1.165, 1.54) is 0 Å². The maximum absolute atomic E-state index is 9.55. The fourth-order valence-corrected chi connectivity index (χ4v) is 2.42. The van der Waals surface area contributed by atoms with Crippen molar-refractivity contribution in [2.45, 2.75) is 20.1 Å². The van der Waals surface area contributed by atoms with Gasteiger partial charge in [-0.15, -0.1) is 0 Å². The second-order valence-corrected chi connectivity index (χ2v) is 5.43. The molecule has 0 atom stereocenters. The number of ether oxygens (including phenoxy) is 2. The number of hydrogen-bond acceptors (Lipinski definition) is 7. The van der Waals surface area contributed by atoms with Gasteiger partial charge in [0.1, 0.15) is 6.29 Å². The van der Waals surface area contributed by atoms with Gasteiger partial charge in [0.15, 0.2) is 11.5 Å². The van der Waals surface area contributed by atoms with Gasteiger partial charge in [0.25, 0.3) is 0 Å². The second kappa shape index (κ2) is 8.36. The Balaban J connectivity index is 0.000000242. The topological polar surface area (TPSA) is 129 Å². The third-order valence-corrected chi connectivity index (χ3v) is 3.57. The van der Waals surface area contributed by atoms with Crippen molar-refractivity contribution in [3.05, 3.63) is 29.3 Å². The molecule has 0 spiro atoms. The van der Waals surface area contributed by atoms with Crippen LogP contribution in [0.25, 0.3) is 0 Å². The Morgan fingerprint density at radius 2 is 1.68 bits per heavy atom. The first-order valence-corrected chi connectivity index (χ1v) is 7.65. The van der Waals surface area contributed by atoms with Gasteiger partial charge in [-0.05, 0) is 25.5 Å². The van der Waals surface area contributed by atoms with E-state index >= 15 is 0 Å². The normalized spacial score (nSPS) is 15.8. The number of carboxylic acids is 2. The van der Waals surface area contributed by atoms with Crippen molar-refractivity contribution in [2.24, 2.45) is 0 Å². The fraction of sp³-hybridized carbons (Fsp3) is 0.375. The Bertz CT molecular complexity index is 667. The van der Waals surface area contributed by atoms with Crippen LogP contribution in [0.3, 0.4) is 0 Å². The van der Waals surface area contributed by atoms with Crippen molar-refractivity contribution >= 4 is 17.6 Å². The summed E-state index contributed by atoms with van der Waals surface area (Å²) in [6, 6.07) is 2.10. The van der Waals surface area contributed by atoms with Crippen molar-refractivity contribution < 1.29 is 29.3 Å². The van der Waals surface area contributed by atoms with E-state index in [9.17, 15) is 9.59 Å². The number of carbonyl (C=O) groups is 2. The summed E-state index contributed by atoms with van der Waals surface area (Å²) in [5.74, 6) is -0.773. The lowest BCUT2D eigenvalue weighted by atomic mass is 10.1. The lowest BCUT2D eigenvalue weighted by Crippen LogP contribution is -2.38. The van der Waals surface area contributed by atoms with Crippen LogP contribution in [0, 0.1) is 13.8 Å². The molecule has 0 bridgehead atoms. The van der Waals surface area contributed by atoms with Crippen LogP contribution in [0.2, 0.25) is 0 Å². The summed E-state index contributed by atoms with van der Waals surface area (Å²) >= 11 is 0. The van der Waals surface area contributed by atoms with Crippen LogP contribution in [-0.4, -0.2) is 48.3 Å². The Kier molecular flexibility index (Phi) is 6.20. The average molecular weight is 351 g/mol. The number of fused-ring (bicyclic) bond motifs is 1. The molecule has 0 amide bonds. The molecule has 1 fully saturated rings. The summed E-state index contributed by atoms with van der Waals surface area (Å²) in [5.41, 5.74) is 3.28. The van der Waals surface area contributed by atoms with Crippen LogP contribution in [0.5, 0.6) is 11.5 Å². The van der Waals surface area contributed by atoms with Gasteiger partial charge in [-0.25, -0.2) is 9.59 Å². The first-order valence-electron chi connectivity index (χ1n) is 7.65. The molecular weight excluding hydrogens is 330 g/mol. The minimum atomic E-state index is -1.26. The quantitative estimate of drug-likeness (QED) is 0.496. The van der Waals surface area contributed by atoms with E-state index in [1.54, 1.807) is 0 Å². The van der Waals surface area contributed by atoms with Crippen LogP contribution < -0.4 is 25.4 Å². The molecule has 3 rings (SSSR count). The highest BCUT2D eigenvalue weighted by atomic mass is 16.7. The van der Waals surface area contributed by atoms with Crippen LogP contribution in [0.1, 0.15) is 11.1 Å². The predicted molar refractivity (Wildman–Crippen MR) is 89.9 cm³/mol. The number of benzene rings is 1. The number of anilines is 1. The highest BCUT2D eigenvalue weighted by Gasteiger charge is 2.22. The van der Waals surface area contributed by atoms with Crippen LogP contribution in [0.4, 0.5) is 5.69 Å². The Morgan fingerprint density at radius 3 is 2.24 bits per heavy atom. The summed E-state index contributed by atoms with van der Waals surface area (Å²) in [4.78, 5) is 19.1. The van der Waals surface area contributed by atoms with Gasteiger partial charge in [-0.1, -0.05) is 0 Å². The van der Waals surface area contributed by atoms with Crippen LogP contribution >= 0.6 is 0 Å². The van der Waals surface area contributed by atoms with E-state index in [4.69, 9.17) is 19.7 Å². The Hall–Kier alpha value is -2.78. The van der Waals surface area contributed by atoms with E-state index in [-0.39, 0.29) is 6.29 Å². The van der Waals surface area contributed by atoms with E-state index in [0.717, 1.165) is 41.4 Å². The maximum Gasteiger partial charge on any atom is 0.328 e. The van der Waals surface area contributed by atoms with Crippen molar-refractivity contribution in [3.63, 3.8) is 0 Å². The van der Waals surface area contributed by atoms with Gasteiger partial charge >= 0.3 is 11.9 Å². The predicted octanol–water partition coefficient (Wildman–Crippen LogP) is 0.632. The van der Waals surface area contributed by atoms with Crippen LogP contribution in [-0.2, 0) is 9.59 Å². The molecular formula is C16H21N3O6. The standard InChI is InChI=1S/C12H17N3O2.C4H4O4/c1-7-5-9(15-12-13-3-4-14-12)8(2)11-10(7)16-6-17-11;5-3(6)1-2-4(7)8/h5,12-15H,3-4,6H2,1-2H3;1-2H,(H,5,6)(H,7,8)/b;2-1+. The molecule has 1 saturated heterocycles. The van der Waals surface area contributed by atoms with Gasteiger partial charge in [0.05, 0.1) is 0 Å². The van der Waals surface area contributed by atoms with Crippen molar-refractivity contribution in [3.8, 4) is 11.5 Å². The van der Waals surface area contributed by atoms with Crippen molar-refractivity contribution in [1.29, 1.82) is 0 Å². The number of hydrogen-bond donors (Lipinski definition) is 5. The second-order valence-electron chi connectivity index (χ2n) is 5.43. The smallest absolute Gasteiger partial charge is 0.328 e.